The van der Waals surface area contributed by atoms with E-state index in [4.69, 9.17) is 22.9 Å². The number of nitrogens with one attached hydrogen (secondary N) is 11. The summed E-state index contributed by atoms with van der Waals surface area (Å²) in [5.74, 6) is -12.6. The Bertz CT molecular complexity index is 3280. The number of primary amides is 1. The van der Waals surface area contributed by atoms with Crippen molar-refractivity contribution in [3.05, 3.63) is 78.4 Å². The average Bonchev–Trinajstić information content (AvgIpc) is 1.77. The molecule has 0 radical (unpaired) electrons. The van der Waals surface area contributed by atoms with Crippen LogP contribution in [0.25, 0.3) is 0 Å². The summed E-state index contributed by atoms with van der Waals surface area (Å²) >= 11 is 0. The Balaban J connectivity index is 1.40. The number of aliphatic carboxylic acids is 1. The van der Waals surface area contributed by atoms with E-state index in [-0.39, 0.29) is 75.6 Å². The van der Waals surface area contributed by atoms with E-state index >= 15 is 0 Å². The van der Waals surface area contributed by atoms with Crippen LogP contribution in [0.4, 0.5) is 11.4 Å². The molecule has 12 amide bonds. The van der Waals surface area contributed by atoms with E-state index in [1.807, 2.05) is 32.0 Å². The van der Waals surface area contributed by atoms with Crippen molar-refractivity contribution in [2.75, 3.05) is 32.8 Å². The van der Waals surface area contributed by atoms with Gasteiger partial charge in [-0.05, 0) is 120 Å². The number of nitrogens with two attached hydrogens (primary N) is 4. The van der Waals surface area contributed by atoms with Gasteiger partial charge in [0.25, 0.3) is 5.91 Å². The summed E-state index contributed by atoms with van der Waals surface area (Å²) in [6.07, 6.45) is 4.06. The van der Waals surface area contributed by atoms with E-state index in [1.54, 1.807) is 50.2 Å². The summed E-state index contributed by atoms with van der Waals surface area (Å²) in [5.41, 5.74) is 23.6. The molecule has 0 aliphatic carbocycles. The van der Waals surface area contributed by atoms with Gasteiger partial charge in [0.1, 0.15) is 60.4 Å². The highest BCUT2D eigenvalue weighted by Crippen LogP contribution is 2.24. The molecule has 1 aromatic heterocycles. The minimum Gasteiger partial charge on any atom is -0.480 e. The van der Waals surface area contributed by atoms with Crippen molar-refractivity contribution in [3.63, 3.8) is 0 Å². The number of aliphatic hydroxyl groups excluding tert-OH is 1. The third-order valence-corrected chi connectivity index (χ3v) is 16.4. The maximum atomic E-state index is 14.4. The number of amides is 12. The monoisotopic (exact) mass is 1380 g/mol. The normalized spacial score (nSPS) is 16.0. The van der Waals surface area contributed by atoms with Gasteiger partial charge in [-0.2, -0.15) is 10.2 Å². The first-order valence-electron chi connectivity index (χ1n) is 32.8. The Kier molecular flexibility index (Phi) is 34.0. The topological polar surface area (TPSA) is 556 Å². The molecule has 35 heteroatoms. The molecule has 2 aromatic carbocycles. The van der Waals surface area contributed by atoms with Gasteiger partial charge in [0.05, 0.1) is 30.9 Å². The molecule has 1 aliphatic rings. The third kappa shape index (κ3) is 27.2. The summed E-state index contributed by atoms with van der Waals surface area (Å²) in [6.45, 7) is 8.33. The van der Waals surface area contributed by atoms with Gasteiger partial charge in [-0.25, -0.2) is 9.78 Å². The van der Waals surface area contributed by atoms with Gasteiger partial charge in [-0.15, -0.1) is 0 Å². The van der Waals surface area contributed by atoms with Gasteiger partial charge in [0, 0.05) is 43.4 Å². The molecule has 12 atom stereocenters. The maximum Gasteiger partial charge on any atom is 0.326 e. The summed E-state index contributed by atoms with van der Waals surface area (Å²) in [4.78, 5) is 188. The highest BCUT2D eigenvalue weighted by atomic mass is 16.4. The lowest BCUT2D eigenvalue weighted by Crippen LogP contribution is -2.61. The van der Waals surface area contributed by atoms with Crippen LogP contribution in [0.3, 0.4) is 0 Å². The number of carbonyl (C=O) groups excluding carboxylic acids is 12. The lowest BCUT2D eigenvalue weighted by atomic mass is 9.96. The molecule has 99 heavy (non-hydrogen) atoms. The number of carboxylic acids is 1. The van der Waals surface area contributed by atoms with Crippen molar-refractivity contribution in [2.24, 2.45) is 50.0 Å². The van der Waals surface area contributed by atoms with Crippen LogP contribution >= 0.6 is 0 Å². The summed E-state index contributed by atoms with van der Waals surface area (Å²) in [6, 6.07) is 1.77. The highest BCUT2D eigenvalue weighted by molar-refractivity contribution is 6.01. The number of guanidine groups is 1. The predicted molar refractivity (Wildman–Crippen MR) is 360 cm³/mol. The van der Waals surface area contributed by atoms with Gasteiger partial charge in [0.15, 0.2) is 5.96 Å². The number of imidazole rings is 1. The van der Waals surface area contributed by atoms with E-state index in [0.717, 1.165) is 0 Å². The van der Waals surface area contributed by atoms with Crippen LogP contribution in [0.15, 0.2) is 82.3 Å². The van der Waals surface area contributed by atoms with Crippen molar-refractivity contribution < 1.29 is 72.5 Å². The zero-order valence-corrected chi connectivity index (χ0v) is 56.5. The summed E-state index contributed by atoms with van der Waals surface area (Å²) < 4.78 is 0. The zero-order chi connectivity index (χ0) is 73.3. The Morgan fingerprint density at radius 3 is 1.78 bits per heavy atom. The second kappa shape index (κ2) is 41.6. The fourth-order valence-corrected chi connectivity index (χ4v) is 10.2. The molecule has 2 heterocycles. The van der Waals surface area contributed by atoms with E-state index in [0.29, 0.717) is 42.8 Å². The number of carbonyl (C=O) groups is 13. The van der Waals surface area contributed by atoms with Crippen molar-refractivity contribution >= 4 is 94.2 Å². The van der Waals surface area contributed by atoms with Crippen LogP contribution in [-0.4, -0.2) is 201 Å². The number of aromatic nitrogens is 2. The number of H-pyrrole nitrogens is 1. The molecule has 4 rings (SSSR count). The number of hydrogen-bond donors (Lipinski definition) is 17. The zero-order valence-electron chi connectivity index (χ0n) is 56.5. The Hall–Kier alpha value is -10.4. The average molecular weight is 1390 g/mol. The minimum atomic E-state index is -1.76. The number of azo groups is 1. The number of hydrogen-bond acceptors (Lipinski definition) is 19. The maximum absolute atomic E-state index is 14.4. The van der Waals surface area contributed by atoms with E-state index in [9.17, 15) is 72.5 Å². The largest absolute Gasteiger partial charge is 0.480 e. The third-order valence-electron chi connectivity index (χ3n) is 16.4. The SMILES string of the molecule is CC[C@H](C)[C@H](NC(=O)[C@H](C)NC(=O)[C@H](CCCCN)NC(=O)[C@@H]1CCCN1C(=O)[C@@H](NC(=O)c1ccc(N=Nc2ccccc2)cc1)[C@@H](C)CC)C(=O)N[C@@H](CCC(N)=O)C(=O)N[C@@H](C)C(=O)N[C@@H](CO)C(=O)N[C@@H](Cc1cnc[nH]1)C(=O)NCC(=O)N[C@@H](CCCN=C(N)N)C(=O)O. The molecule has 1 aliphatic heterocycles. The second-order valence-electron chi connectivity index (χ2n) is 24.1. The highest BCUT2D eigenvalue weighted by Gasteiger charge is 2.41. The van der Waals surface area contributed by atoms with Crippen LogP contribution < -0.4 is 76.1 Å². The predicted octanol–water partition coefficient (Wildman–Crippen LogP) is -2.19. The number of likely N-dealkylation sites (tertiary alicyclic amines) is 1. The van der Waals surface area contributed by atoms with E-state index in [1.165, 1.54) is 31.3 Å². The quantitative estimate of drug-likeness (QED) is 0.0124. The molecule has 0 spiro atoms. The molecular formula is C64H96N20O15. The van der Waals surface area contributed by atoms with Gasteiger partial charge >= 0.3 is 5.97 Å². The first kappa shape index (κ1) is 81.0. The van der Waals surface area contributed by atoms with Crippen molar-refractivity contribution in [1.82, 2.24) is 68.0 Å². The number of rotatable bonds is 42. The first-order valence-corrected chi connectivity index (χ1v) is 32.8. The molecule has 35 nitrogen and oxygen atoms in total. The molecule has 0 bridgehead atoms. The molecule has 0 unspecified atom stereocenters. The number of unbranched alkanes of at least 4 members (excludes halogenated alkanes) is 1. The van der Waals surface area contributed by atoms with E-state index in [2.05, 4.69) is 78.4 Å². The Morgan fingerprint density at radius 1 is 0.626 bits per heavy atom. The van der Waals surface area contributed by atoms with Crippen molar-refractivity contribution in [2.45, 2.75) is 179 Å². The fraction of sp³-hybridized carbons (Fsp3) is 0.547. The fourth-order valence-electron chi connectivity index (χ4n) is 10.2. The van der Waals surface area contributed by atoms with Crippen molar-refractivity contribution in [1.29, 1.82) is 0 Å². The molecule has 0 saturated carbocycles. The number of nitrogens with zero attached hydrogens (tertiary/aromatic N) is 5. The van der Waals surface area contributed by atoms with Crippen LogP contribution in [-0.2, 0) is 64.0 Å². The lowest BCUT2D eigenvalue weighted by molar-refractivity contribution is -0.142. The Morgan fingerprint density at radius 2 is 1.20 bits per heavy atom. The van der Waals surface area contributed by atoms with Crippen LogP contribution in [0, 0.1) is 11.8 Å². The van der Waals surface area contributed by atoms with Gasteiger partial charge in [-0.3, -0.25) is 62.5 Å². The number of carboxylic acid groups (broad SMARTS) is 1. The standard InChI is InChI=1S/C64H96N20O15/c1-7-35(3)51(61(96)77-44(25-26-49(66)86)58(93)73-37(5)53(88)79-47(33-85)59(94)78-46(30-42-31-69-34-72-42)56(91)71-32-50(87)75-45(63(98)99)19-14-28-70-64(67)68)80-54(89)38(6)74-57(92)43(18-12-13-27-65)76-60(95)48-20-15-29-84(48)62(97)52(36(4)8-2)81-55(90)39-21-23-41(24-22-39)83-82-40-16-10-9-11-17-40/h9-11,16-17,21-24,31,34-38,43-48,51-52,85H,7-8,12-15,18-20,25-30,32-33,65H2,1-6H3,(H2,66,86)(H,69,72)(H,71,91)(H,73,93)(H,74,92)(H,75,87)(H,76,95)(H,77,96)(H,78,94)(H,79,88)(H,80,89)(H,81,90)(H,98,99)(H4,67,68,70)/t35-,36-,37-,38-,43-,44-,45-,46-,47-,48-,51-,52-/m0/s1. The molecule has 21 N–H and O–H groups in total. The summed E-state index contributed by atoms with van der Waals surface area (Å²) in [5, 5.41) is 53.3. The van der Waals surface area contributed by atoms with E-state index < -0.39 is 169 Å². The molecule has 3 aromatic rings. The van der Waals surface area contributed by atoms with Gasteiger partial charge in [-0.1, -0.05) is 58.7 Å². The first-order chi connectivity index (χ1) is 47.1. The van der Waals surface area contributed by atoms with Crippen LogP contribution in [0.5, 0.6) is 0 Å². The van der Waals surface area contributed by atoms with Gasteiger partial charge in [0.2, 0.25) is 65.0 Å². The van der Waals surface area contributed by atoms with Gasteiger partial charge < -0.3 is 96.2 Å². The Labute approximate surface area is 572 Å². The lowest BCUT2D eigenvalue weighted by Gasteiger charge is -2.32. The van der Waals surface area contributed by atoms with Crippen LogP contribution in [0.1, 0.15) is 128 Å². The van der Waals surface area contributed by atoms with Crippen LogP contribution in [0.2, 0.25) is 0 Å². The number of aliphatic hydroxyl groups is 1. The molecule has 542 valence electrons. The molecule has 1 saturated heterocycles. The second-order valence-corrected chi connectivity index (χ2v) is 24.1. The molecular weight excluding hydrogens is 1290 g/mol. The summed E-state index contributed by atoms with van der Waals surface area (Å²) in [7, 11) is 0. The smallest absolute Gasteiger partial charge is 0.326 e. The minimum absolute atomic E-state index is 0.0591. The molecule has 1 fully saturated rings. The number of benzene rings is 2. The number of aromatic amines is 1. The van der Waals surface area contributed by atoms with Crippen molar-refractivity contribution in [3.8, 4) is 0 Å². The number of aliphatic imine (C=N–C) groups is 1.